The summed E-state index contributed by atoms with van der Waals surface area (Å²) in [4.78, 5) is 16.6. The lowest BCUT2D eigenvalue weighted by Gasteiger charge is -2.36. The van der Waals surface area contributed by atoms with Gasteiger partial charge in [0.15, 0.2) is 0 Å². The third-order valence-corrected chi connectivity index (χ3v) is 6.60. The topological polar surface area (TPSA) is 69.7 Å². The summed E-state index contributed by atoms with van der Waals surface area (Å²) in [5, 5.41) is 1.82. The number of sulfonamides is 1. The molecule has 29 heavy (non-hydrogen) atoms. The summed E-state index contributed by atoms with van der Waals surface area (Å²) in [5.41, 5.74) is 1.14. The SMILES string of the molecule is O=C(CNS(=O)(=O)c1ccc2ccccc2c1)N1CCN(c2ccccc2)CC1. The second kappa shape index (κ2) is 8.23. The summed E-state index contributed by atoms with van der Waals surface area (Å²) >= 11 is 0. The van der Waals surface area contributed by atoms with Crippen molar-refractivity contribution in [1.82, 2.24) is 9.62 Å². The van der Waals surface area contributed by atoms with Gasteiger partial charge in [0, 0.05) is 31.9 Å². The standard InChI is InChI=1S/C22H23N3O3S/c26-22(25-14-12-24(13-15-25)20-8-2-1-3-9-20)17-23-29(27,28)21-11-10-18-6-4-5-7-19(18)16-21/h1-11,16,23H,12-15,17H2. The van der Waals surface area contributed by atoms with Crippen LogP contribution in [0.4, 0.5) is 5.69 Å². The highest BCUT2D eigenvalue weighted by Gasteiger charge is 2.23. The zero-order valence-electron chi connectivity index (χ0n) is 16.0. The van der Waals surface area contributed by atoms with Crippen molar-refractivity contribution in [2.75, 3.05) is 37.6 Å². The molecule has 0 unspecified atom stereocenters. The fraction of sp³-hybridized carbons (Fsp3) is 0.227. The lowest BCUT2D eigenvalue weighted by Crippen LogP contribution is -2.51. The number of carbonyl (C=O) groups is 1. The summed E-state index contributed by atoms with van der Waals surface area (Å²) in [6.45, 7) is 2.37. The molecule has 1 aliphatic rings. The number of carbonyl (C=O) groups excluding carboxylic acids is 1. The van der Waals surface area contributed by atoms with Gasteiger partial charge in [-0.15, -0.1) is 0 Å². The molecular weight excluding hydrogens is 386 g/mol. The average Bonchev–Trinajstić information content (AvgIpc) is 2.78. The van der Waals surface area contributed by atoms with Gasteiger partial charge in [-0.2, -0.15) is 0 Å². The summed E-state index contributed by atoms with van der Waals surface area (Å²) in [6, 6.07) is 22.6. The van der Waals surface area contributed by atoms with Crippen LogP contribution in [0.5, 0.6) is 0 Å². The molecule has 6 nitrogen and oxygen atoms in total. The van der Waals surface area contributed by atoms with Gasteiger partial charge in [-0.25, -0.2) is 13.1 Å². The first-order valence-corrected chi connectivity index (χ1v) is 11.1. The molecular formula is C22H23N3O3S. The van der Waals surface area contributed by atoms with Crippen LogP contribution in [0.1, 0.15) is 0 Å². The Kier molecular flexibility index (Phi) is 5.51. The molecule has 0 radical (unpaired) electrons. The lowest BCUT2D eigenvalue weighted by molar-refractivity contribution is -0.130. The molecule has 0 saturated carbocycles. The predicted molar refractivity (Wildman–Crippen MR) is 114 cm³/mol. The minimum atomic E-state index is -3.75. The number of benzene rings is 3. The zero-order chi connectivity index (χ0) is 20.3. The number of nitrogens with zero attached hydrogens (tertiary/aromatic N) is 2. The van der Waals surface area contributed by atoms with E-state index >= 15 is 0 Å². The van der Waals surface area contributed by atoms with Gasteiger partial charge < -0.3 is 9.80 Å². The Morgan fingerprint density at radius 3 is 2.21 bits per heavy atom. The second-order valence-corrected chi connectivity index (χ2v) is 8.80. The van der Waals surface area contributed by atoms with Crippen LogP contribution in [-0.2, 0) is 14.8 Å². The summed E-state index contributed by atoms with van der Waals surface area (Å²) < 4.78 is 27.7. The van der Waals surface area contributed by atoms with Crippen LogP contribution in [0.2, 0.25) is 0 Å². The highest BCUT2D eigenvalue weighted by atomic mass is 32.2. The number of amides is 1. The number of nitrogens with one attached hydrogen (secondary N) is 1. The van der Waals surface area contributed by atoms with Crippen LogP contribution in [0.3, 0.4) is 0 Å². The number of hydrogen-bond donors (Lipinski definition) is 1. The molecule has 1 fully saturated rings. The maximum atomic E-state index is 12.6. The Labute approximate surface area is 170 Å². The van der Waals surface area contributed by atoms with Gasteiger partial charge in [0.25, 0.3) is 0 Å². The van der Waals surface area contributed by atoms with E-state index < -0.39 is 10.0 Å². The summed E-state index contributed by atoms with van der Waals surface area (Å²) in [5.74, 6) is -0.206. The average molecular weight is 410 g/mol. The van der Waals surface area contributed by atoms with E-state index in [1.54, 1.807) is 23.1 Å². The minimum Gasteiger partial charge on any atom is -0.368 e. The molecule has 0 aliphatic carbocycles. The molecule has 3 aromatic rings. The molecule has 7 heteroatoms. The van der Waals surface area contributed by atoms with Crippen molar-refractivity contribution in [2.24, 2.45) is 0 Å². The molecule has 4 rings (SSSR count). The summed E-state index contributed by atoms with van der Waals surface area (Å²) in [7, 11) is -3.75. The van der Waals surface area contributed by atoms with E-state index in [-0.39, 0.29) is 17.3 Å². The Morgan fingerprint density at radius 1 is 0.828 bits per heavy atom. The first-order valence-electron chi connectivity index (χ1n) is 9.59. The van der Waals surface area contributed by atoms with Crippen LogP contribution in [-0.4, -0.2) is 51.9 Å². The van der Waals surface area contributed by atoms with Crippen molar-refractivity contribution in [3.63, 3.8) is 0 Å². The number of para-hydroxylation sites is 1. The monoisotopic (exact) mass is 409 g/mol. The number of hydrogen-bond acceptors (Lipinski definition) is 4. The lowest BCUT2D eigenvalue weighted by atomic mass is 10.1. The maximum Gasteiger partial charge on any atom is 0.241 e. The van der Waals surface area contributed by atoms with Crippen molar-refractivity contribution in [2.45, 2.75) is 4.90 Å². The van der Waals surface area contributed by atoms with Crippen LogP contribution in [0, 0.1) is 0 Å². The predicted octanol–water partition coefficient (Wildman–Crippen LogP) is 2.47. The Morgan fingerprint density at radius 2 is 1.48 bits per heavy atom. The van der Waals surface area contributed by atoms with Gasteiger partial charge in [0.05, 0.1) is 11.4 Å². The first-order chi connectivity index (χ1) is 14.0. The number of anilines is 1. The van der Waals surface area contributed by atoms with E-state index in [9.17, 15) is 13.2 Å². The zero-order valence-corrected chi connectivity index (χ0v) is 16.8. The molecule has 150 valence electrons. The largest absolute Gasteiger partial charge is 0.368 e. The van der Waals surface area contributed by atoms with Gasteiger partial charge in [-0.3, -0.25) is 4.79 Å². The molecule has 3 aromatic carbocycles. The molecule has 1 N–H and O–H groups in total. The van der Waals surface area contributed by atoms with Gasteiger partial charge in [0.1, 0.15) is 0 Å². The quantitative estimate of drug-likeness (QED) is 0.703. The Bertz CT molecular complexity index is 1110. The van der Waals surface area contributed by atoms with E-state index in [1.165, 1.54) is 0 Å². The normalized spacial score (nSPS) is 14.9. The van der Waals surface area contributed by atoms with E-state index in [0.29, 0.717) is 13.1 Å². The van der Waals surface area contributed by atoms with Crippen molar-refractivity contribution < 1.29 is 13.2 Å². The van der Waals surface area contributed by atoms with Crippen molar-refractivity contribution in [1.29, 1.82) is 0 Å². The molecule has 1 amide bonds. The van der Waals surface area contributed by atoms with E-state index in [1.807, 2.05) is 42.5 Å². The molecule has 1 heterocycles. The third-order valence-electron chi connectivity index (χ3n) is 5.20. The minimum absolute atomic E-state index is 0.165. The number of rotatable bonds is 5. The fourth-order valence-electron chi connectivity index (χ4n) is 3.54. The van der Waals surface area contributed by atoms with Crippen LogP contribution < -0.4 is 9.62 Å². The van der Waals surface area contributed by atoms with Gasteiger partial charge in [-0.1, -0.05) is 48.5 Å². The smallest absolute Gasteiger partial charge is 0.241 e. The van der Waals surface area contributed by atoms with Crippen molar-refractivity contribution in [3.8, 4) is 0 Å². The van der Waals surface area contributed by atoms with Gasteiger partial charge in [-0.05, 0) is 35.0 Å². The molecule has 1 saturated heterocycles. The van der Waals surface area contributed by atoms with Gasteiger partial charge in [0.2, 0.25) is 15.9 Å². The molecule has 0 aromatic heterocycles. The maximum absolute atomic E-state index is 12.6. The second-order valence-electron chi connectivity index (χ2n) is 7.04. The number of fused-ring (bicyclic) bond motifs is 1. The Hall–Kier alpha value is -2.90. The molecule has 0 atom stereocenters. The van der Waals surface area contributed by atoms with Crippen LogP contribution >= 0.6 is 0 Å². The molecule has 0 bridgehead atoms. The molecule has 1 aliphatic heterocycles. The van der Waals surface area contributed by atoms with Crippen LogP contribution in [0.15, 0.2) is 77.7 Å². The highest BCUT2D eigenvalue weighted by Crippen LogP contribution is 2.19. The highest BCUT2D eigenvalue weighted by molar-refractivity contribution is 7.89. The van der Waals surface area contributed by atoms with E-state index in [0.717, 1.165) is 29.5 Å². The first kappa shape index (κ1) is 19.4. The third kappa shape index (κ3) is 4.41. The van der Waals surface area contributed by atoms with E-state index in [2.05, 4.69) is 21.8 Å². The van der Waals surface area contributed by atoms with Crippen molar-refractivity contribution >= 4 is 32.4 Å². The Balaban J connectivity index is 1.35. The number of piperazine rings is 1. The summed E-state index contributed by atoms with van der Waals surface area (Å²) in [6.07, 6.45) is 0. The van der Waals surface area contributed by atoms with Crippen LogP contribution in [0.25, 0.3) is 10.8 Å². The van der Waals surface area contributed by atoms with Crippen molar-refractivity contribution in [3.05, 3.63) is 72.8 Å². The molecule has 0 spiro atoms. The van der Waals surface area contributed by atoms with E-state index in [4.69, 9.17) is 0 Å². The fourth-order valence-corrected chi connectivity index (χ4v) is 4.55. The van der Waals surface area contributed by atoms with Gasteiger partial charge >= 0.3 is 0 Å².